The average Bonchev–Trinajstić information content (AvgIpc) is 2.45. The van der Waals surface area contributed by atoms with E-state index in [0.717, 1.165) is 0 Å². The van der Waals surface area contributed by atoms with E-state index < -0.39 is 24.0 Å². The number of methoxy groups -OCH3 is 1. The second-order valence-corrected chi connectivity index (χ2v) is 4.12. The maximum absolute atomic E-state index is 12.1. The second-order valence-electron chi connectivity index (χ2n) is 4.12. The number of carbonyl (C=O) groups is 2. The largest absolute Gasteiger partial charge is 0.480 e. The summed E-state index contributed by atoms with van der Waals surface area (Å²) in [4.78, 5) is 23.1. The molecule has 1 rings (SSSR count). The van der Waals surface area contributed by atoms with Gasteiger partial charge in [-0.1, -0.05) is 30.3 Å². The number of carboxylic acid groups (broad SMARTS) is 1. The van der Waals surface area contributed by atoms with Crippen LogP contribution in [0.4, 0.5) is 0 Å². The Hall–Kier alpha value is -2.39. The third-order valence-corrected chi connectivity index (χ3v) is 2.74. The van der Waals surface area contributed by atoms with Crippen LogP contribution in [-0.4, -0.2) is 30.1 Å². The van der Waals surface area contributed by atoms with Gasteiger partial charge in [-0.25, -0.2) is 4.79 Å². The number of rotatable bonds is 7. The number of amides is 1. The number of hydrogen-bond donors (Lipinski definition) is 2. The van der Waals surface area contributed by atoms with Crippen LogP contribution in [0.2, 0.25) is 0 Å². The number of carbonyl (C=O) groups excluding carboxylic acids is 1. The highest BCUT2D eigenvalue weighted by Gasteiger charge is 2.25. The number of nitrogens with zero attached hydrogens (tertiary/aromatic N) is 1. The van der Waals surface area contributed by atoms with Gasteiger partial charge in [0.05, 0.1) is 6.07 Å². The molecule has 106 valence electrons. The molecule has 20 heavy (non-hydrogen) atoms. The Morgan fingerprint density at radius 3 is 2.55 bits per heavy atom. The average molecular weight is 276 g/mol. The van der Waals surface area contributed by atoms with Crippen LogP contribution in [-0.2, 0) is 14.3 Å². The number of aliphatic carboxylic acids is 1. The summed E-state index contributed by atoms with van der Waals surface area (Å²) in [6, 6.07) is 9.54. The summed E-state index contributed by atoms with van der Waals surface area (Å²) in [5.74, 6) is -1.71. The zero-order chi connectivity index (χ0) is 15.0. The van der Waals surface area contributed by atoms with Gasteiger partial charge >= 0.3 is 5.97 Å². The van der Waals surface area contributed by atoms with Crippen molar-refractivity contribution in [3.63, 3.8) is 0 Å². The van der Waals surface area contributed by atoms with E-state index in [1.807, 2.05) is 6.07 Å². The van der Waals surface area contributed by atoms with Crippen LogP contribution in [0.15, 0.2) is 30.3 Å². The molecule has 1 aromatic carbocycles. The van der Waals surface area contributed by atoms with Crippen LogP contribution < -0.4 is 5.32 Å². The summed E-state index contributed by atoms with van der Waals surface area (Å²) in [6.45, 7) is 0. The first kappa shape index (κ1) is 15.7. The van der Waals surface area contributed by atoms with Crippen molar-refractivity contribution < 1.29 is 19.4 Å². The number of nitriles is 1. The minimum atomic E-state index is -1.17. The van der Waals surface area contributed by atoms with Crippen molar-refractivity contribution in [2.24, 2.45) is 0 Å². The molecule has 2 atom stereocenters. The number of nitrogens with one attached hydrogen (secondary N) is 1. The first-order valence-electron chi connectivity index (χ1n) is 6.08. The molecule has 0 bridgehead atoms. The molecular weight excluding hydrogens is 260 g/mol. The highest BCUT2D eigenvalue weighted by atomic mass is 16.5. The predicted molar refractivity (Wildman–Crippen MR) is 70.6 cm³/mol. The van der Waals surface area contributed by atoms with Gasteiger partial charge in [-0.3, -0.25) is 4.79 Å². The number of hydrogen-bond acceptors (Lipinski definition) is 4. The molecule has 6 heteroatoms. The number of ether oxygens (including phenoxy) is 1. The van der Waals surface area contributed by atoms with Crippen LogP contribution in [0.3, 0.4) is 0 Å². The molecule has 0 aliphatic heterocycles. The molecule has 0 spiro atoms. The van der Waals surface area contributed by atoms with Gasteiger partial charge in [0.25, 0.3) is 5.91 Å². The van der Waals surface area contributed by atoms with E-state index in [0.29, 0.717) is 5.56 Å². The first-order chi connectivity index (χ1) is 9.60. The fourth-order valence-corrected chi connectivity index (χ4v) is 1.74. The lowest BCUT2D eigenvalue weighted by Gasteiger charge is -2.19. The van der Waals surface area contributed by atoms with E-state index >= 15 is 0 Å². The van der Waals surface area contributed by atoms with Crippen LogP contribution >= 0.6 is 0 Å². The van der Waals surface area contributed by atoms with Crippen molar-refractivity contribution in [2.75, 3.05) is 7.11 Å². The van der Waals surface area contributed by atoms with E-state index in [4.69, 9.17) is 15.1 Å². The van der Waals surface area contributed by atoms with Gasteiger partial charge in [-0.2, -0.15) is 5.26 Å². The van der Waals surface area contributed by atoms with Gasteiger partial charge < -0.3 is 15.2 Å². The normalized spacial score (nSPS) is 13.0. The van der Waals surface area contributed by atoms with E-state index in [9.17, 15) is 9.59 Å². The quantitative estimate of drug-likeness (QED) is 0.780. The lowest BCUT2D eigenvalue weighted by molar-refractivity contribution is -0.144. The molecule has 0 unspecified atom stereocenters. The van der Waals surface area contributed by atoms with Gasteiger partial charge in [0.1, 0.15) is 6.04 Å². The topological polar surface area (TPSA) is 99.4 Å². The Bertz CT molecular complexity index is 496. The highest BCUT2D eigenvalue weighted by molar-refractivity contribution is 5.87. The molecule has 2 N–H and O–H groups in total. The van der Waals surface area contributed by atoms with Crippen molar-refractivity contribution >= 4 is 11.9 Å². The minimum Gasteiger partial charge on any atom is -0.480 e. The molecule has 6 nitrogen and oxygen atoms in total. The maximum atomic E-state index is 12.1. The predicted octanol–water partition coefficient (Wildman–Crippen LogP) is 1.25. The van der Waals surface area contributed by atoms with Crippen LogP contribution in [0.5, 0.6) is 0 Å². The van der Waals surface area contributed by atoms with Crippen molar-refractivity contribution in [3.8, 4) is 6.07 Å². The molecule has 1 aromatic rings. The minimum absolute atomic E-state index is 0.0558. The van der Waals surface area contributed by atoms with Crippen molar-refractivity contribution in [3.05, 3.63) is 35.9 Å². The smallest absolute Gasteiger partial charge is 0.326 e. The van der Waals surface area contributed by atoms with Crippen molar-refractivity contribution in [1.29, 1.82) is 5.26 Å². The van der Waals surface area contributed by atoms with E-state index in [-0.39, 0.29) is 12.8 Å². The van der Waals surface area contributed by atoms with Gasteiger partial charge in [0.15, 0.2) is 6.10 Å². The first-order valence-corrected chi connectivity index (χ1v) is 6.08. The van der Waals surface area contributed by atoms with E-state index in [2.05, 4.69) is 5.32 Å². The number of benzene rings is 1. The lowest BCUT2D eigenvalue weighted by Crippen LogP contribution is -2.43. The SMILES string of the molecule is CO[C@@H](C(=O)N[C@@H](CCC#N)C(=O)O)c1ccccc1. The highest BCUT2D eigenvalue weighted by Crippen LogP contribution is 2.16. The van der Waals surface area contributed by atoms with E-state index in [1.54, 1.807) is 30.3 Å². The maximum Gasteiger partial charge on any atom is 0.326 e. The molecule has 1 amide bonds. The Kier molecular flexibility index (Phi) is 6.20. The molecule has 0 aliphatic rings. The standard InChI is InChI=1S/C14H16N2O4/c1-20-12(10-6-3-2-4-7-10)13(17)16-11(14(18)19)8-5-9-15/h2-4,6-7,11-12H,5,8H2,1H3,(H,16,17)(H,18,19)/t11-,12+/m0/s1. The molecule has 0 aliphatic carbocycles. The fraction of sp³-hybridized carbons (Fsp3) is 0.357. The van der Waals surface area contributed by atoms with Gasteiger partial charge in [-0.05, 0) is 12.0 Å². The third-order valence-electron chi connectivity index (χ3n) is 2.74. The Balaban J connectivity index is 2.76. The zero-order valence-corrected chi connectivity index (χ0v) is 11.1. The molecule has 0 radical (unpaired) electrons. The summed E-state index contributed by atoms with van der Waals surface area (Å²) >= 11 is 0. The third kappa shape index (κ3) is 4.37. The van der Waals surface area contributed by atoms with Gasteiger partial charge in [0.2, 0.25) is 0 Å². The summed E-state index contributed by atoms with van der Waals surface area (Å²) in [7, 11) is 1.38. The monoisotopic (exact) mass is 276 g/mol. The van der Waals surface area contributed by atoms with Gasteiger partial charge in [-0.15, -0.1) is 0 Å². The molecule has 0 heterocycles. The lowest BCUT2D eigenvalue weighted by atomic mass is 10.1. The zero-order valence-electron chi connectivity index (χ0n) is 11.1. The van der Waals surface area contributed by atoms with Crippen LogP contribution in [0.25, 0.3) is 0 Å². The van der Waals surface area contributed by atoms with Crippen molar-refractivity contribution in [2.45, 2.75) is 25.0 Å². The number of carboxylic acids is 1. The Morgan fingerprint density at radius 1 is 1.40 bits per heavy atom. The van der Waals surface area contributed by atoms with Crippen LogP contribution in [0, 0.1) is 11.3 Å². The summed E-state index contributed by atoms with van der Waals surface area (Å²) in [5, 5.41) is 19.9. The molecule has 0 aromatic heterocycles. The molecule has 0 saturated heterocycles. The summed E-state index contributed by atoms with van der Waals surface area (Å²) < 4.78 is 5.11. The Morgan fingerprint density at radius 2 is 2.05 bits per heavy atom. The molecular formula is C14H16N2O4. The fourth-order valence-electron chi connectivity index (χ4n) is 1.74. The Labute approximate surface area is 117 Å². The summed E-state index contributed by atoms with van der Waals surface area (Å²) in [6.07, 6.45) is -0.761. The summed E-state index contributed by atoms with van der Waals surface area (Å²) in [5.41, 5.74) is 0.636. The van der Waals surface area contributed by atoms with Crippen LogP contribution in [0.1, 0.15) is 24.5 Å². The van der Waals surface area contributed by atoms with E-state index in [1.165, 1.54) is 7.11 Å². The second kappa shape index (κ2) is 7.92. The van der Waals surface area contributed by atoms with Gasteiger partial charge in [0, 0.05) is 13.5 Å². The van der Waals surface area contributed by atoms with Crippen molar-refractivity contribution in [1.82, 2.24) is 5.32 Å². The molecule has 0 saturated carbocycles. The molecule has 0 fully saturated rings.